The van der Waals surface area contributed by atoms with Crippen molar-refractivity contribution in [2.24, 2.45) is 0 Å². The standard InChI is InChI=1S/C16H17N3O5/c20-15(12-3-1-2-6-21-12)17-8-14-18-16(24-19-14)10-4-5-11-13(7-10)23-9-22-11/h4-5,7,12H,1-3,6,8-9H2,(H,17,20)/t12-/m0/s1. The van der Waals surface area contributed by atoms with Gasteiger partial charge in [0.15, 0.2) is 17.3 Å². The number of fused-ring (bicyclic) bond motifs is 1. The summed E-state index contributed by atoms with van der Waals surface area (Å²) in [6.45, 7) is 1.05. The largest absolute Gasteiger partial charge is 0.454 e. The molecule has 4 rings (SSSR count). The molecule has 1 atom stereocenters. The van der Waals surface area contributed by atoms with Gasteiger partial charge in [-0.15, -0.1) is 0 Å². The molecule has 8 nitrogen and oxygen atoms in total. The molecule has 0 radical (unpaired) electrons. The topological polar surface area (TPSA) is 95.7 Å². The highest BCUT2D eigenvalue weighted by Crippen LogP contribution is 2.35. The molecular weight excluding hydrogens is 314 g/mol. The number of nitrogens with one attached hydrogen (secondary N) is 1. The molecule has 24 heavy (non-hydrogen) atoms. The maximum atomic E-state index is 12.0. The van der Waals surface area contributed by atoms with Crippen LogP contribution in [0.25, 0.3) is 11.5 Å². The summed E-state index contributed by atoms with van der Waals surface area (Å²) in [6.07, 6.45) is 2.39. The Labute approximate surface area is 138 Å². The summed E-state index contributed by atoms with van der Waals surface area (Å²) in [5.41, 5.74) is 0.736. The predicted octanol–water partition coefficient (Wildman–Crippen LogP) is 1.65. The van der Waals surface area contributed by atoms with Gasteiger partial charge in [0.25, 0.3) is 5.89 Å². The number of aromatic nitrogens is 2. The first-order valence-corrected chi connectivity index (χ1v) is 7.91. The highest BCUT2D eigenvalue weighted by atomic mass is 16.7. The van der Waals surface area contributed by atoms with Crippen molar-refractivity contribution in [2.45, 2.75) is 31.9 Å². The van der Waals surface area contributed by atoms with Gasteiger partial charge in [-0.1, -0.05) is 5.16 Å². The van der Waals surface area contributed by atoms with E-state index in [1.165, 1.54) is 0 Å². The Balaban J connectivity index is 1.39. The first kappa shape index (κ1) is 14.9. The van der Waals surface area contributed by atoms with Crippen LogP contribution in [-0.2, 0) is 16.1 Å². The van der Waals surface area contributed by atoms with E-state index in [9.17, 15) is 4.79 Å². The van der Waals surface area contributed by atoms with Gasteiger partial charge in [-0.2, -0.15) is 4.98 Å². The first-order valence-electron chi connectivity index (χ1n) is 7.91. The zero-order chi connectivity index (χ0) is 16.4. The molecular formula is C16H17N3O5. The molecule has 0 aliphatic carbocycles. The van der Waals surface area contributed by atoms with E-state index in [0.717, 1.165) is 24.8 Å². The van der Waals surface area contributed by atoms with Crippen molar-refractivity contribution in [2.75, 3.05) is 13.4 Å². The Morgan fingerprint density at radius 3 is 3.04 bits per heavy atom. The summed E-state index contributed by atoms with van der Waals surface area (Å²) in [6, 6.07) is 5.40. The molecule has 1 aromatic carbocycles. The van der Waals surface area contributed by atoms with Crippen LogP contribution in [0.4, 0.5) is 0 Å². The molecule has 2 aromatic rings. The lowest BCUT2D eigenvalue weighted by Crippen LogP contribution is -2.38. The van der Waals surface area contributed by atoms with E-state index in [2.05, 4.69) is 15.5 Å². The molecule has 0 spiro atoms. The average molecular weight is 331 g/mol. The van der Waals surface area contributed by atoms with Crippen molar-refractivity contribution in [3.05, 3.63) is 24.0 Å². The van der Waals surface area contributed by atoms with Crippen LogP contribution in [0.15, 0.2) is 22.7 Å². The molecule has 126 valence electrons. The number of benzene rings is 1. The van der Waals surface area contributed by atoms with Gasteiger partial charge in [0.05, 0.1) is 6.54 Å². The second kappa shape index (κ2) is 6.48. The summed E-state index contributed by atoms with van der Waals surface area (Å²) in [4.78, 5) is 16.3. The first-order chi connectivity index (χ1) is 11.8. The predicted molar refractivity (Wildman–Crippen MR) is 81.3 cm³/mol. The van der Waals surface area contributed by atoms with E-state index in [-0.39, 0.29) is 25.3 Å². The summed E-state index contributed by atoms with van der Waals surface area (Å²) in [7, 11) is 0. The molecule has 1 aromatic heterocycles. The number of carbonyl (C=O) groups excluding carboxylic acids is 1. The van der Waals surface area contributed by atoms with Gasteiger partial charge < -0.3 is 24.1 Å². The van der Waals surface area contributed by atoms with E-state index < -0.39 is 0 Å². The number of hydrogen-bond donors (Lipinski definition) is 1. The second-order valence-corrected chi connectivity index (χ2v) is 5.66. The molecule has 1 fully saturated rings. The number of nitrogens with zero attached hydrogens (tertiary/aromatic N) is 2. The number of ether oxygens (including phenoxy) is 3. The Morgan fingerprint density at radius 2 is 2.17 bits per heavy atom. The Bertz CT molecular complexity index is 739. The maximum absolute atomic E-state index is 12.0. The molecule has 8 heteroatoms. The van der Waals surface area contributed by atoms with Crippen molar-refractivity contribution >= 4 is 5.91 Å². The molecule has 3 heterocycles. The molecule has 0 bridgehead atoms. The minimum atomic E-state index is -0.376. The quantitative estimate of drug-likeness (QED) is 0.910. The van der Waals surface area contributed by atoms with Crippen molar-refractivity contribution in [1.29, 1.82) is 0 Å². The fourth-order valence-electron chi connectivity index (χ4n) is 2.70. The maximum Gasteiger partial charge on any atom is 0.258 e. The molecule has 1 N–H and O–H groups in total. The van der Waals surface area contributed by atoms with Gasteiger partial charge in [-0.25, -0.2) is 0 Å². The van der Waals surface area contributed by atoms with E-state index in [4.69, 9.17) is 18.7 Å². The van der Waals surface area contributed by atoms with Crippen molar-refractivity contribution in [1.82, 2.24) is 15.5 Å². The highest BCUT2D eigenvalue weighted by molar-refractivity contribution is 5.80. The Hall–Kier alpha value is -2.61. The van der Waals surface area contributed by atoms with Crippen molar-refractivity contribution < 1.29 is 23.5 Å². The van der Waals surface area contributed by atoms with Gasteiger partial charge in [0, 0.05) is 12.2 Å². The van der Waals surface area contributed by atoms with Crippen molar-refractivity contribution in [3.63, 3.8) is 0 Å². The normalized spacial score (nSPS) is 19.2. The van der Waals surface area contributed by atoms with Gasteiger partial charge >= 0.3 is 0 Å². The van der Waals surface area contributed by atoms with Crippen LogP contribution in [-0.4, -0.2) is 35.6 Å². The van der Waals surface area contributed by atoms with E-state index in [0.29, 0.717) is 29.8 Å². The van der Waals surface area contributed by atoms with Crippen LogP contribution in [0, 0.1) is 0 Å². The van der Waals surface area contributed by atoms with Crippen LogP contribution in [0.5, 0.6) is 11.5 Å². The van der Waals surface area contributed by atoms with Crippen LogP contribution < -0.4 is 14.8 Å². The summed E-state index contributed by atoms with van der Waals surface area (Å²) < 4.78 is 21.3. The summed E-state index contributed by atoms with van der Waals surface area (Å²) in [5, 5.41) is 6.67. The van der Waals surface area contributed by atoms with Crippen LogP contribution in [0.3, 0.4) is 0 Å². The highest BCUT2D eigenvalue weighted by Gasteiger charge is 2.22. The fraction of sp³-hybridized carbons (Fsp3) is 0.438. The Morgan fingerprint density at radius 1 is 1.25 bits per heavy atom. The number of hydrogen-bond acceptors (Lipinski definition) is 7. The van der Waals surface area contributed by atoms with Crippen LogP contribution in [0.2, 0.25) is 0 Å². The van der Waals surface area contributed by atoms with Crippen LogP contribution in [0.1, 0.15) is 25.1 Å². The van der Waals surface area contributed by atoms with Gasteiger partial charge in [-0.05, 0) is 37.5 Å². The van der Waals surface area contributed by atoms with E-state index in [1.54, 1.807) is 12.1 Å². The number of amides is 1. The SMILES string of the molecule is O=C(NCc1noc(-c2ccc3c(c2)OCO3)n1)[C@@H]1CCCCO1. The number of carbonyl (C=O) groups is 1. The minimum Gasteiger partial charge on any atom is -0.454 e. The molecule has 2 aliphatic heterocycles. The lowest BCUT2D eigenvalue weighted by molar-refractivity contribution is -0.135. The van der Waals surface area contributed by atoms with Gasteiger partial charge in [0.2, 0.25) is 12.7 Å². The monoisotopic (exact) mass is 331 g/mol. The smallest absolute Gasteiger partial charge is 0.258 e. The third-order valence-electron chi connectivity index (χ3n) is 3.98. The lowest BCUT2D eigenvalue weighted by atomic mass is 10.1. The zero-order valence-electron chi connectivity index (χ0n) is 13.0. The van der Waals surface area contributed by atoms with E-state index in [1.807, 2.05) is 6.07 Å². The lowest BCUT2D eigenvalue weighted by Gasteiger charge is -2.21. The van der Waals surface area contributed by atoms with Gasteiger partial charge in [-0.3, -0.25) is 4.79 Å². The average Bonchev–Trinajstić information content (AvgIpc) is 3.29. The van der Waals surface area contributed by atoms with Crippen molar-refractivity contribution in [3.8, 4) is 23.0 Å². The second-order valence-electron chi connectivity index (χ2n) is 5.66. The Kier molecular flexibility index (Phi) is 4.04. The summed E-state index contributed by atoms with van der Waals surface area (Å²) >= 11 is 0. The molecule has 1 saturated heterocycles. The minimum absolute atomic E-state index is 0.135. The molecule has 2 aliphatic rings. The third kappa shape index (κ3) is 3.05. The molecule has 0 saturated carbocycles. The van der Waals surface area contributed by atoms with E-state index >= 15 is 0 Å². The van der Waals surface area contributed by atoms with Gasteiger partial charge in [0.1, 0.15) is 6.10 Å². The molecule has 0 unspecified atom stereocenters. The zero-order valence-corrected chi connectivity index (χ0v) is 13.0. The fourth-order valence-corrected chi connectivity index (χ4v) is 2.70. The summed E-state index contributed by atoms with van der Waals surface area (Å²) in [5.74, 6) is 1.98. The van der Waals surface area contributed by atoms with Crippen LogP contribution >= 0.6 is 0 Å². The molecule has 1 amide bonds. The third-order valence-corrected chi connectivity index (χ3v) is 3.98. The number of rotatable bonds is 4.